The number of hydrogen-bond acceptors (Lipinski definition) is 4. The third-order valence-electron chi connectivity index (χ3n) is 3.47. The van der Waals surface area contributed by atoms with E-state index in [2.05, 4.69) is 18.6 Å². The van der Waals surface area contributed by atoms with Gasteiger partial charge in [0.25, 0.3) is 0 Å². The molecule has 0 spiro atoms. The van der Waals surface area contributed by atoms with Crippen molar-refractivity contribution in [2.24, 2.45) is 0 Å². The Morgan fingerprint density at radius 3 is 2.00 bits per heavy atom. The lowest BCUT2D eigenvalue weighted by Crippen LogP contribution is -2.40. The van der Waals surface area contributed by atoms with Crippen molar-refractivity contribution in [3.05, 3.63) is 0 Å². The third-order valence-corrected chi connectivity index (χ3v) is 3.47. The van der Waals surface area contributed by atoms with Crippen molar-refractivity contribution in [3.8, 4) is 0 Å². The molecule has 0 aliphatic heterocycles. The molecule has 0 fully saturated rings. The highest BCUT2D eigenvalue weighted by atomic mass is 16.5. The summed E-state index contributed by atoms with van der Waals surface area (Å²) in [6, 6.07) is 0. The molecule has 0 N–H and O–H groups in total. The van der Waals surface area contributed by atoms with Crippen LogP contribution < -0.4 is 0 Å². The van der Waals surface area contributed by atoms with E-state index in [9.17, 15) is 9.59 Å². The quantitative estimate of drug-likeness (QED) is 0.519. The molecule has 0 heterocycles. The van der Waals surface area contributed by atoms with E-state index in [1.165, 1.54) is 7.11 Å². The summed E-state index contributed by atoms with van der Waals surface area (Å²) in [4.78, 5) is 27.3. The fourth-order valence-corrected chi connectivity index (χ4v) is 2.06. The van der Waals surface area contributed by atoms with Crippen molar-refractivity contribution in [2.75, 3.05) is 40.3 Å². The van der Waals surface area contributed by atoms with E-state index in [1.54, 1.807) is 0 Å². The molecule has 0 bridgehead atoms. The van der Waals surface area contributed by atoms with Crippen LogP contribution >= 0.6 is 0 Å². The first-order chi connectivity index (χ1) is 10.0. The van der Waals surface area contributed by atoms with E-state index in [0.29, 0.717) is 13.0 Å². The van der Waals surface area contributed by atoms with Gasteiger partial charge in [-0.05, 0) is 32.9 Å². The maximum absolute atomic E-state index is 12.3. The summed E-state index contributed by atoms with van der Waals surface area (Å²) >= 11 is 0. The minimum Gasteiger partial charge on any atom is -0.469 e. The molecule has 0 unspecified atom stereocenters. The van der Waals surface area contributed by atoms with Gasteiger partial charge in [-0.15, -0.1) is 0 Å². The van der Waals surface area contributed by atoms with E-state index >= 15 is 0 Å². The van der Waals surface area contributed by atoms with Crippen molar-refractivity contribution in [2.45, 2.75) is 52.4 Å². The summed E-state index contributed by atoms with van der Waals surface area (Å²) in [5, 5.41) is 0. The van der Waals surface area contributed by atoms with Gasteiger partial charge in [0.2, 0.25) is 5.91 Å². The van der Waals surface area contributed by atoms with Gasteiger partial charge in [0.05, 0.1) is 13.7 Å². The summed E-state index contributed by atoms with van der Waals surface area (Å²) in [5.41, 5.74) is 0. The van der Waals surface area contributed by atoms with Crippen LogP contribution in [-0.4, -0.2) is 62.0 Å². The number of esters is 1. The number of ether oxygens (including phenoxy) is 1. The second-order valence-electron chi connectivity index (χ2n) is 5.51. The molecule has 5 heteroatoms. The molecule has 0 radical (unpaired) electrons. The van der Waals surface area contributed by atoms with Crippen LogP contribution in [0.2, 0.25) is 0 Å². The van der Waals surface area contributed by atoms with Crippen LogP contribution in [0.4, 0.5) is 0 Å². The van der Waals surface area contributed by atoms with Crippen molar-refractivity contribution < 1.29 is 14.3 Å². The van der Waals surface area contributed by atoms with Crippen molar-refractivity contribution in [3.63, 3.8) is 0 Å². The molecule has 5 nitrogen and oxygen atoms in total. The second-order valence-corrected chi connectivity index (χ2v) is 5.51. The summed E-state index contributed by atoms with van der Waals surface area (Å²) < 4.78 is 4.61. The highest BCUT2D eigenvalue weighted by Gasteiger charge is 2.14. The Morgan fingerprint density at radius 1 is 0.952 bits per heavy atom. The first kappa shape index (κ1) is 19.9. The Morgan fingerprint density at radius 2 is 1.52 bits per heavy atom. The fraction of sp³-hybridized carbons (Fsp3) is 0.875. The molecule has 124 valence electrons. The predicted molar refractivity (Wildman–Crippen MR) is 85.1 cm³/mol. The van der Waals surface area contributed by atoms with E-state index in [4.69, 9.17) is 0 Å². The maximum atomic E-state index is 12.3. The van der Waals surface area contributed by atoms with Crippen LogP contribution in [0.1, 0.15) is 52.4 Å². The highest BCUT2D eigenvalue weighted by Crippen LogP contribution is 2.02. The number of hydrogen-bond donors (Lipinski definition) is 0. The van der Waals surface area contributed by atoms with Gasteiger partial charge in [0.1, 0.15) is 0 Å². The zero-order valence-electron chi connectivity index (χ0n) is 14.2. The Hall–Kier alpha value is -1.10. The molecule has 0 atom stereocenters. The molecule has 0 aliphatic rings. The van der Waals surface area contributed by atoms with Crippen molar-refractivity contribution in [1.82, 2.24) is 9.80 Å². The first-order valence-corrected chi connectivity index (χ1v) is 8.08. The lowest BCUT2D eigenvalue weighted by atomic mass is 10.2. The maximum Gasteiger partial charge on any atom is 0.305 e. The standard InChI is InChI=1S/C16H32N2O3/c1-5-7-12-18(13-8-6-2)15(19)14-17(3)11-9-10-16(20)21-4/h5-14H2,1-4H3. The van der Waals surface area contributed by atoms with Crippen LogP contribution in [-0.2, 0) is 14.3 Å². The number of nitrogens with zero attached hydrogens (tertiary/aromatic N) is 2. The van der Waals surface area contributed by atoms with Gasteiger partial charge in [0.15, 0.2) is 0 Å². The number of rotatable bonds is 12. The fourth-order valence-electron chi connectivity index (χ4n) is 2.06. The number of amides is 1. The van der Waals surface area contributed by atoms with Gasteiger partial charge in [-0.1, -0.05) is 26.7 Å². The minimum absolute atomic E-state index is 0.192. The van der Waals surface area contributed by atoms with E-state index < -0.39 is 0 Å². The average molecular weight is 300 g/mol. The third kappa shape index (κ3) is 10.3. The predicted octanol–water partition coefficient (Wildman–Crippen LogP) is 2.30. The lowest BCUT2D eigenvalue weighted by molar-refractivity contribution is -0.140. The Kier molecular flexibility index (Phi) is 12.0. The normalized spacial score (nSPS) is 10.7. The molecule has 21 heavy (non-hydrogen) atoms. The summed E-state index contributed by atoms with van der Waals surface area (Å²) in [7, 11) is 3.32. The summed E-state index contributed by atoms with van der Waals surface area (Å²) in [6.07, 6.45) is 5.45. The number of methoxy groups -OCH3 is 1. The van der Waals surface area contributed by atoms with Crippen molar-refractivity contribution >= 4 is 11.9 Å². The number of unbranched alkanes of at least 4 members (excludes halogenated alkanes) is 2. The molecule has 0 aromatic heterocycles. The van der Waals surface area contributed by atoms with Crippen molar-refractivity contribution in [1.29, 1.82) is 0 Å². The number of likely N-dealkylation sites (N-methyl/N-ethyl adjacent to an activating group) is 1. The van der Waals surface area contributed by atoms with E-state index in [1.807, 2.05) is 16.8 Å². The smallest absolute Gasteiger partial charge is 0.305 e. The Bertz CT molecular complexity index is 287. The Labute approximate surface area is 129 Å². The first-order valence-electron chi connectivity index (χ1n) is 8.08. The van der Waals surface area contributed by atoms with Crippen LogP contribution in [0.5, 0.6) is 0 Å². The van der Waals surface area contributed by atoms with Gasteiger partial charge >= 0.3 is 5.97 Å². The minimum atomic E-state index is -0.192. The van der Waals surface area contributed by atoms with E-state index in [0.717, 1.165) is 51.7 Å². The van der Waals surface area contributed by atoms with Crippen LogP contribution in [0, 0.1) is 0 Å². The molecule has 0 saturated heterocycles. The molecule has 0 saturated carbocycles. The number of carbonyl (C=O) groups excluding carboxylic acids is 2. The van der Waals surface area contributed by atoms with Crippen LogP contribution in [0.15, 0.2) is 0 Å². The van der Waals surface area contributed by atoms with Gasteiger partial charge in [-0.3, -0.25) is 14.5 Å². The van der Waals surface area contributed by atoms with Crippen LogP contribution in [0.3, 0.4) is 0 Å². The molecular formula is C16H32N2O3. The summed E-state index contributed by atoms with van der Waals surface area (Å²) in [5.74, 6) is -0.000266. The monoisotopic (exact) mass is 300 g/mol. The molecule has 0 aliphatic carbocycles. The molecule has 1 amide bonds. The SMILES string of the molecule is CCCCN(CCCC)C(=O)CN(C)CCCC(=O)OC. The summed E-state index contributed by atoms with van der Waals surface area (Å²) in [6.45, 7) is 7.14. The topological polar surface area (TPSA) is 49.9 Å². The van der Waals surface area contributed by atoms with Crippen LogP contribution in [0.25, 0.3) is 0 Å². The largest absolute Gasteiger partial charge is 0.469 e. The zero-order valence-corrected chi connectivity index (χ0v) is 14.2. The van der Waals surface area contributed by atoms with Gasteiger partial charge in [-0.25, -0.2) is 0 Å². The molecule has 0 aromatic carbocycles. The highest BCUT2D eigenvalue weighted by molar-refractivity contribution is 5.78. The molecule has 0 aromatic rings. The van der Waals surface area contributed by atoms with Gasteiger partial charge in [-0.2, -0.15) is 0 Å². The average Bonchev–Trinajstić information content (AvgIpc) is 2.46. The zero-order chi connectivity index (χ0) is 16.1. The van der Waals surface area contributed by atoms with E-state index in [-0.39, 0.29) is 11.9 Å². The van der Waals surface area contributed by atoms with Gasteiger partial charge in [0, 0.05) is 19.5 Å². The second kappa shape index (κ2) is 12.6. The lowest BCUT2D eigenvalue weighted by Gasteiger charge is -2.25. The number of carbonyl (C=O) groups is 2. The Balaban J connectivity index is 4.10. The molecule has 0 rings (SSSR count). The van der Waals surface area contributed by atoms with Gasteiger partial charge < -0.3 is 9.64 Å². The molecular weight excluding hydrogens is 268 g/mol.